The lowest BCUT2D eigenvalue weighted by Gasteiger charge is -2.02. The molecule has 0 atom stereocenters. The van der Waals surface area contributed by atoms with E-state index < -0.39 is 0 Å². The quantitative estimate of drug-likeness (QED) is 0.473. The van der Waals surface area contributed by atoms with Gasteiger partial charge in [0.15, 0.2) is 0 Å². The summed E-state index contributed by atoms with van der Waals surface area (Å²) in [5.74, 6) is 1.33. The van der Waals surface area contributed by atoms with E-state index in [1.165, 1.54) is 0 Å². The van der Waals surface area contributed by atoms with E-state index in [1.54, 1.807) is 18.0 Å². The highest BCUT2D eigenvalue weighted by Gasteiger charge is 2.01. The standard InChI is InChI=1S/C9H9BrClNS/c1-7(5-11)6-13-9-8(10)3-2-4-12-9/h2-4H,1,5-6H2. The monoisotopic (exact) mass is 277 g/mol. The molecule has 1 aromatic heterocycles. The van der Waals surface area contributed by atoms with Crippen molar-refractivity contribution < 1.29 is 0 Å². The topological polar surface area (TPSA) is 12.9 Å². The van der Waals surface area contributed by atoms with Gasteiger partial charge in [-0.15, -0.1) is 23.4 Å². The van der Waals surface area contributed by atoms with Crippen LogP contribution in [0.2, 0.25) is 0 Å². The van der Waals surface area contributed by atoms with E-state index in [0.29, 0.717) is 5.88 Å². The Bertz CT molecular complexity index is 303. The minimum absolute atomic E-state index is 0.511. The lowest BCUT2D eigenvalue weighted by molar-refractivity contribution is 1.11. The molecule has 0 amide bonds. The van der Waals surface area contributed by atoms with E-state index in [9.17, 15) is 0 Å². The van der Waals surface area contributed by atoms with Crippen molar-refractivity contribution in [1.29, 1.82) is 0 Å². The van der Waals surface area contributed by atoms with Crippen molar-refractivity contribution >= 4 is 39.3 Å². The zero-order valence-electron chi connectivity index (χ0n) is 6.96. The fourth-order valence-electron chi connectivity index (χ4n) is 0.686. The molecule has 0 fully saturated rings. The normalized spacial score (nSPS) is 10.0. The maximum absolute atomic E-state index is 5.61. The number of rotatable bonds is 4. The number of thioether (sulfide) groups is 1. The molecule has 0 aliphatic heterocycles. The van der Waals surface area contributed by atoms with Gasteiger partial charge >= 0.3 is 0 Å². The number of alkyl halides is 1. The van der Waals surface area contributed by atoms with Gasteiger partial charge in [0, 0.05) is 22.3 Å². The Hall–Kier alpha value is 0.01000. The Balaban J connectivity index is 2.54. The third-order valence-electron chi connectivity index (χ3n) is 1.33. The molecule has 1 rings (SSSR count). The van der Waals surface area contributed by atoms with E-state index in [4.69, 9.17) is 11.6 Å². The Kier molecular flexibility index (Phi) is 4.84. The SMILES string of the molecule is C=C(CCl)CSc1ncccc1Br. The first-order valence-corrected chi connectivity index (χ1v) is 6.01. The van der Waals surface area contributed by atoms with Crippen LogP contribution in [0.5, 0.6) is 0 Å². The van der Waals surface area contributed by atoms with Crippen molar-refractivity contribution in [2.45, 2.75) is 5.03 Å². The van der Waals surface area contributed by atoms with Gasteiger partial charge in [-0.25, -0.2) is 4.98 Å². The van der Waals surface area contributed by atoms with Gasteiger partial charge in [0.05, 0.1) is 0 Å². The minimum atomic E-state index is 0.511. The maximum atomic E-state index is 5.61. The molecular formula is C9H9BrClNS. The summed E-state index contributed by atoms with van der Waals surface area (Å²) in [6.45, 7) is 3.82. The molecular weight excluding hydrogens is 270 g/mol. The Morgan fingerprint density at radius 3 is 3.08 bits per heavy atom. The largest absolute Gasteiger partial charge is 0.249 e. The first-order valence-electron chi connectivity index (χ1n) is 3.70. The second-order valence-electron chi connectivity index (χ2n) is 2.46. The summed E-state index contributed by atoms with van der Waals surface area (Å²) < 4.78 is 1.02. The van der Waals surface area contributed by atoms with Crippen LogP contribution in [0, 0.1) is 0 Å². The van der Waals surface area contributed by atoms with Crippen LogP contribution in [0.1, 0.15) is 0 Å². The Labute approximate surface area is 95.7 Å². The van der Waals surface area contributed by atoms with E-state index in [-0.39, 0.29) is 0 Å². The fraction of sp³-hybridized carbons (Fsp3) is 0.222. The molecule has 0 bridgehead atoms. The van der Waals surface area contributed by atoms with Crippen molar-refractivity contribution in [3.8, 4) is 0 Å². The zero-order valence-corrected chi connectivity index (χ0v) is 10.1. The summed E-state index contributed by atoms with van der Waals surface area (Å²) in [4.78, 5) is 4.22. The summed E-state index contributed by atoms with van der Waals surface area (Å²) in [5.41, 5.74) is 1.02. The molecule has 0 aromatic carbocycles. The van der Waals surface area contributed by atoms with Crippen molar-refractivity contribution in [2.75, 3.05) is 11.6 Å². The molecule has 4 heteroatoms. The summed E-state index contributed by atoms with van der Waals surface area (Å²) in [5, 5.41) is 0.980. The molecule has 1 nitrogen and oxygen atoms in total. The van der Waals surface area contributed by atoms with Gasteiger partial charge in [-0.05, 0) is 28.1 Å². The molecule has 0 radical (unpaired) electrons. The van der Waals surface area contributed by atoms with Crippen molar-refractivity contribution in [3.63, 3.8) is 0 Å². The number of halogens is 2. The molecule has 0 spiro atoms. The van der Waals surface area contributed by atoms with Crippen molar-refractivity contribution in [2.24, 2.45) is 0 Å². The maximum Gasteiger partial charge on any atom is 0.110 e. The molecule has 0 N–H and O–H groups in total. The van der Waals surface area contributed by atoms with E-state index >= 15 is 0 Å². The van der Waals surface area contributed by atoms with Crippen LogP contribution in [0.4, 0.5) is 0 Å². The minimum Gasteiger partial charge on any atom is -0.249 e. The van der Waals surface area contributed by atoms with Crippen LogP contribution in [-0.2, 0) is 0 Å². The summed E-state index contributed by atoms with van der Waals surface area (Å²) >= 11 is 10.7. The van der Waals surface area contributed by atoms with Gasteiger partial charge in [-0.1, -0.05) is 12.2 Å². The molecule has 0 aliphatic rings. The molecule has 0 unspecified atom stereocenters. The second kappa shape index (κ2) is 5.68. The van der Waals surface area contributed by atoms with Crippen LogP contribution in [0.15, 0.2) is 40.0 Å². The molecule has 0 aliphatic carbocycles. The van der Waals surface area contributed by atoms with Gasteiger partial charge in [-0.3, -0.25) is 0 Å². The highest BCUT2D eigenvalue weighted by Crippen LogP contribution is 2.25. The number of pyridine rings is 1. The summed E-state index contributed by atoms with van der Waals surface area (Å²) in [6.07, 6.45) is 1.77. The third-order valence-corrected chi connectivity index (χ3v) is 3.76. The van der Waals surface area contributed by atoms with Gasteiger partial charge < -0.3 is 0 Å². The van der Waals surface area contributed by atoms with Crippen molar-refractivity contribution in [1.82, 2.24) is 4.98 Å². The number of aromatic nitrogens is 1. The number of hydrogen-bond acceptors (Lipinski definition) is 2. The van der Waals surface area contributed by atoms with Crippen LogP contribution in [-0.4, -0.2) is 16.6 Å². The predicted octanol–water partition coefficient (Wildman–Crippen LogP) is 3.73. The lowest BCUT2D eigenvalue weighted by Crippen LogP contribution is -1.88. The smallest absolute Gasteiger partial charge is 0.110 e. The second-order valence-corrected chi connectivity index (χ2v) is 4.55. The van der Waals surface area contributed by atoms with Crippen LogP contribution in [0.3, 0.4) is 0 Å². The summed E-state index contributed by atoms with van der Waals surface area (Å²) in [7, 11) is 0. The average molecular weight is 279 g/mol. The molecule has 1 heterocycles. The molecule has 0 saturated carbocycles. The first-order chi connectivity index (χ1) is 6.24. The van der Waals surface area contributed by atoms with E-state index in [1.807, 2.05) is 12.1 Å². The zero-order chi connectivity index (χ0) is 9.68. The molecule has 1 aromatic rings. The molecule has 0 saturated heterocycles. The van der Waals surface area contributed by atoms with Gasteiger partial charge in [0.1, 0.15) is 5.03 Å². The van der Waals surface area contributed by atoms with Gasteiger partial charge in [-0.2, -0.15) is 0 Å². The Morgan fingerprint density at radius 2 is 2.46 bits per heavy atom. The number of hydrogen-bond donors (Lipinski definition) is 0. The third kappa shape index (κ3) is 3.71. The van der Waals surface area contributed by atoms with Crippen LogP contribution >= 0.6 is 39.3 Å². The van der Waals surface area contributed by atoms with Gasteiger partial charge in [0.25, 0.3) is 0 Å². The Morgan fingerprint density at radius 1 is 1.69 bits per heavy atom. The van der Waals surface area contributed by atoms with Crippen molar-refractivity contribution in [3.05, 3.63) is 35.0 Å². The van der Waals surface area contributed by atoms with E-state index in [0.717, 1.165) is 20.8 Å². The molecule has 70 valence electrons. The highest BCUT2D eigenvalue weighted by molar-refractivity contribution is 9.10. The number of nitrogens with zero attached hydrogens (tertiary/aromatic N) is 1. The van der Waals surface area contributed by atoms with Gasteiger partial charge in [0.2, 0.25) is 0 Å². The van der Waals surface area contributed by atoms with Crippen LogP contribution < -0.4 is 0 Å². The van der Waals surface area contributed by atoms with E-state index in [2.05, 4.69) is 27.5 Å². The molecule has 13 heavy (non-hydrogen) atoms. The predicted molar refractivity (Wildman–Crippen MR) is 62.5 cm³/mol. The average Bonchev–Trinajstić information content (AvgIpc) is 2.16. The lowest BCUT2D eigenvalue weighted by atomic mass is 10.4. The summed E-state index contributed by atoms with van der Waals surface area (Å²) in [6, 6.07) is 3.86. The highest BCUT2D eigenvalue weighted by atomic mass is 79.9. The van der Waals surface area contributed by atoms with Crippen LogP contribution in [0.25, 0.3) is 0 Å². The fourth-order valence-corrected chi connectivity index (χ4v) is 2.28. The first kappa shape index (κ1) is 11.1.